The Bertz CT molecular complexity index is 789. The number of guanidine groups is 1. The highest BCUT2D eigenvalue weighted by Crippen LogP contribution is 2.22. The molecule has 1 aromatic heterocycles. The van der Waals surface area contributed by atoms with E-state index >= 15 is 0 Å². The maximum absolute atomic E-state index is 12.0. The third-order valence-electron chi connectivity index (χ3n) is 5.01. The fourth-order valence-corrected chi connectivity index (χ4v) is 4.01. The van der Waals surface area contributed by atoms with Gasteiger partial charge in [-0.25, -0.2) is 4.99 Å². The minimum Gasteiger partial charge on any atom is -0.357 e. The molecule has 0 radical (unpaired) electrons. The fraction of sp³-hybridized carbons (Fsp3) is 0.478. The molecule has 2 aromatic rings. The molecule has 0 saturated carbocycles. The molecule has 172 valence electrons. The van der Waals surface area contributed by atoms with E-state index in [4.69, 9.17) is 4.99 Å². The van der Waals surface area contributed by atoms with Gasteiger partial charge in [-0.3, -0.25) is 9.69 Å². The van der Waals surface area contributed by atoms with E-state index in [0.29, 0.717) is 18.2 Å². The number of likely N-dealkylation sites (N-methyl/N-ethyl adjacent to an activating group) is 1. The minimum atomic E-state index is 0. The third kappa shape index (κ3) is 8.42. The van der Waals surface area contributed by atoms with Crippen molar-refractivity contribution in [2.75, 3.05) is 40.3 Å². The molecular weight excluding hydrogens is 521 g/mol. The van der Waals surface area contributed by atoms with Crippen molar-refractivity contribution in [3.8, 4) is 0 Å². The first-order valence-electron chi connectivity index (χ1n) is 10.6. The summed E-state index contributed by atoms with van der Waals surface area (Å²) in [5.41, 5.74) is 3.10. The third-order valence-corrected chi connectivity index (χ3v) is 5.72. The summed E-state index contributed by atoms with van der Waals surface area (Å²) < 4.78 is 0. The van der Waals surface area contributed by atoms with Crippen LogP contribution in [0.5, 0.6) is 0 Å². The van der Waals surface area contributed by atoms with Crippen molar-refractivity contribution < 1.29 is 4.79 Å². The zero-order valence-corrected chi connectivity index (χ0v) is 22.4. The van der Waals surface area contributed by atoms with Crippen LogP contribution in [0, 0.1) is 0 Å². The van der Waals surface area contributed by atoms with Crippen LogP contribution in [0.4, 0.5) is 0 Å². The molecule has 6 nitrogen and oxygen atoms in total. The van der Waals surface area contributed by atoms with Crippen molar-refractivity contribution in [3.63, 3.8) is 0 Å². The van der Waals surface area contributed by atoms with E-state index in [1.54, 1.807) is 30.3 Å². The lowest BCUT2D eigenvalue weighted by Crippen LogP contribution is -2.43. The normalized spacial score (nSPS) is 12.3. The largest absolute Gasteiger partial charge is 0.357 e. The number of carbonyl (C=O) groups excluding carboxylic acids is 1. The van der Waals surface area contributed by atoms with Gasteiger partial charge in [0.2, 0.25) is 0 Å². The van der Waals surface area contributed by atoms with E-state index in [2.05, 4.69) is 53.1 Å². The van der Waals surface area contributed by atoms with Crippen LogP contribution in [0.2, 0.25) is 0 Å². The van der Waals surface area contributed by atoms with Crippen LogP contribution in [-0.4, -0.2) is 61.9 Å². The topological polar surface area (TPSA) is 60.0 Å². The van der Waals surface area contributed by atoms with Crippen molar-refractivity contribution in [3.05, 3.63) is 57.8 Å². The monoisotopic (exact) mass is 557 g/mol. The lowest BCUT2D eigenvalue weighted by atomic mass is 10.1. The van der Waals surface area contributed by atoms with Gasteiger partial charge >= 0.3 is 0 Å². The van der Waals surface area contributed by atoms with Crippen molar-refractivity contribution in [2.24, 2.45) is 4.99 Å². The average Bonchev–Trinajstić information content (AvgIpc) is 3.29. The van der Waals surface area contributed by atoms with Crippen molar-refractivity contribution in [1.82, 2.24) is 20.4 Å². The molecule has 1 aromatic carbocycles. The molecule has 1 amide bonds. The zero-order chi connectivity index (χ0) is 21.9. The molecule has 1 heterocycles. The molecule has 0 aliphatic carbocycles. The van der Waals surface area contributed by atoms with Gasteiger partial charge in [-0.15, -0.1) is 24.0 Å². The predicted molar refractivity (Wildman–Crippen MR) is 143 cm³/mol. The Morgan fingerprint density at radius 2 is 1.74 bits per heavy atom. The number of hydrogen-bond donors (Lipinski definition) is 2. The van der Waals surface area contributed by atoms with Crippen LogP contribution in [0.15, 0.2) is 46.1 Å². The Morgan fingerprint density at radius 3 is 2.26 bits per heavy atom. The van der Waals surface area contributed by atoms with Crippen LogP contribution in [-0.2, 0) is 6.54 Å². The van der Waals surface area contributed by atoms with Gasteiger partial charge in [-0.2, -0.15) is 11.3 Å². The summed E-state index contributed by atoms with van der Waals surface area (Å²) in [6, 6.07) is 10.2. The summed E-state index contributed by atoms with van der Waals surface area (Å²) in [6.07, 6.45) is 0. The van der Waals surface area contributed by atoms with Gasteiger partial charge < -0.3 is 15.5 Å². The van der Waals surface area contributed by atoms with Gasteiger partial charge in [0.25, 0.3) is 5.91 Å². The molecule has 0 spiro atoms. The summed E-state index contributed by atoms with van der Waals surface area (Å²) in [4.78, 5) is 20.8. The Hall–Kier alpha value is -1.65. The quantitative estimate of drug-likeness (QED) is 0.261. The first kappa shape index (κ1) is 27.4. The summed E-state index contributed by atoms with van der Waals surface area (Å²) in [5.74, 6) is 0.814. The SMILES string of the molecule is CCNC(=NCc1ccc(C(=O)N(C)C)cc1)NCC(c1ccsc1)N(CC)CC.I. The van der Waals surface area contributed by atoms with E-state index in [1.165, 1.54) is 5.56 Å². The summed E-state index contributed by atoms with van der Waals surface area (Å²) >= 11 is 1.74. The molecule has 0 aliphatic heterocycles. The molecule has 0 bridgehead atoms. The molecule has 8 heteroatoms. The molecule has 2 N–H and O–H groups in total. The Kier molecular flexibility index (Phi) is 12.7. The minimum absolute atomic E-state index is 0. The molecule has 0 saturated heterocycles. The number of benzene rings is 1. The van der Waals surface area contributed by atoms with Crippen LogP contribution in [0.25, 0.3) is 0 Å². The van der Waals surface area contributed by atoms with E-state index < -0.39 is 0 Å². The second-order valence-corrected chi connectivity index (χ2v) is 8.05. The van der Waals surface area contributed by atoms with E-state index in [9.17, 15) is 4.79 Å². The van der Waals surface area contributed by atoms with Gasteiger partial charge in [-0.1, -0.05) is 26.0 Å². The highest BCUT2D eigenvalue weighted by atomic mass is 127. The first-order valence-corrected chi connectivity index (χ1v) is 11.5. The molecule has 0 fully saturated rings. The van der Waals surface area contributed by atoms with E-state index in [1.807, 2.05) is 24.3 Å². The number of carbonyl (C=O) groups is 1. The molecular formula is C23H36IN5OS. The van der Waals surface area contributed by atoms with E-state index in [-0.39, 0.29) is 29.9 Å². The second kappa shape index (κ2) is 14.4. The summed E-state index contributed by atoms with van der Waals surface area (Å²) in [7, 11) is 3.52. The molecule has 2 rings (SSSR count). The maximum atomic E-state index is 12.0. The van der Waals surface area contributed by atoms with Crippen molar-refractivity contribution in [1.29, 1.82) is 0 Å². The molecule has 31 heavy (non-hydrogen) atoms. The van der Waals surface area contributed by atoms with Gasteiger partial charge in [0.1, 0.15) is 0 Å². The highest BCUT2D eigenvalue weighted by Gasteiger charge is 2.18. The van der Waals surface area contributed by atoms with Gasteiger partial charge in [0.05, 0.1) is 12.6 Å². The van der Waals surface area contributed by atoms with Gasteiger partial charge in [0.15, 0.2) is 5.96 Å². The number of aliphatic imine (C=N–C) groups is 1. The maximum Gasteiger partial charge on any atom is 0.253 e. The summed E-state index contributed by atoms with van der Waals surface area (Å²) in [5, 5.41) is 11.2. The number of nitrogens with one attached hydrogen (secondary N) is 2. The predicted octanol–water partition coefficient (Wildman–Crippen LogP) is 4.21. The standard InChI is InChI=1S/C23H35N5OS.HI/c1-6-24-23(25-15-18-9-11-19(12-10-18)22(29)27(4)5)26-16-21(28(7-2)8-3)20-13-14-30-17-20;/h9-14,17,21H,6-8,15-16H2,1-5H3,(H2,24,25,26);1H. The lowest BCUT2D eigenvalue weighted by molar-refractivity contribution is 0.0827. The number of hydrogen-bond acceptors (Lipinski definition) is 4. The van der Waals surface area contributed by atoms with Crippen LogP contribution in [0.3, 0.4) is 0 Å². The number of halogens is 1. The van der Waals surface area contributed by atoms with Crippen LogP contribution >= 0.6 is 35.3 Å². The number of thiophene rings is 1. The smallest absolute Gasteiger partial charge is 0.253 e. The number of nitrogens with zero attached hydrogens (tertiary/aromatic N) is 3. The fourth-order valence-electron chi connectivity index (χ4n) is 3.30. The Labute approximate surface area is 208 Å². The van der Waals surface area contributed by atoms with Gasteiger partial charge in [-0.05, 0) is 60.1 Å². The Balaban J connectivity index is 0.00000480. The number of rotatable bonds is 10. The zero-order valence-electron chi connectivity index (χ0n) is 19.2. The number of amides is 1. The first-order chi connectivity index (χ1) is 14.5. The lowest BCUT2D eigenvalue weighted by Gasteiger charge is -2.30. The molecule has 1 unspecified atom stereocenters. The van der Waals surface area contributed by atoms with Gasteiger partial charge in [0, 0.05) is 32.7 Å². The highest BCUT2D eigenvalue weighted by molar-refractivity contribution is 14.0. The molecule has 0 aliphatic rings. The summed E-state index contributed by atoms with van der Waals surface area (Å²) in [6.45, 7) is 10.6. The molecule has 1 atom stereocenters. The van der Waals surface area contributed by atoms with Crippen molar-refractivity contribution >= 4 is 47.2 Å². The average molecular weight is 558 g/mol. The Morgan fingerprint density at radius 1 is 1.06 bits per heavy atom. The van der Waals surface area contributed by atoms with Crippen molar-refractivity contribution in [2.45, 2.75) is 33.4 Å². The second-order valence-electron chi connectivity index (χ2n) is 7.27. The van der Waals surface area contributed by atoms with Crippen LogP contribution < -0.4 is 10.6 Å². The van der Waals surface area contributed by atoms with Crippen LogP contribution in [0.1, 0.15) is 48.3 Å². The van der Waals surface area contributed by atoms with E-state index in [0.717, 1.165) is 37.7 Å².